The van der Waals surface area contributed by atoms with Crippen molar-refractivity contribution in [2.75, 3.05) is 20.6 Å². The van der Waals surface area contributed by atoms with Gasteiger partial charge in [-0.1, -0.05) is 17.7 Å². The predicted octanol–water partition coefficient (Wildman–Crippen LogP) is 2.53. The molecule has 1 heterocycles. The second-order valence-electron chi connectivity index (χ2n) is 5.08. The van der Waals surface area contributed by atoms with Crippen molar-refractivity contribution >= 4 is 17.5 Å². The van der Waals surface area contributed by atoms with Crippen molar-refractivity contribution in [3.8, 4) is 0 Å². The first-order chi connectivity index (χ1) is 9.00. The number of benzene rings is 1. The molecule has 2 rings (SSSR count). The Bertz CT molecular complexity index is 458. The molecule has 0 spiro atoms. The first-order valence-corrected chi connectivity index (χ1v) is 6.76. The first-order valence-electron chi connectivity index (χ1n) is 6.39. The normalized spacial score (nSPS) is 20.2. The van der Waals surface area contributed by atoms with E-state index in [1.807, 2.05) is 19.0 Å². The van der Waals surface area contributed by atoms with Crippen LogP contribution in [-0.2, 0) is 11.3 Å². The largest absolute Gasteiger partial charge is 0.337 e. The highest BCUT2D eigenvalue weighted by Crippen LogP contribution is 2.24. The van der Waals surface area contributed by atoms with Crippen molar-refractivity contribution < 1.29 is 9.18 Å². The van der Waals surface area contributed by atoms with Crippen LogP contribution in [0.15, 0.2) is 18.2 Å². The topological polar surface area (TPSA) is 23.6 Å². The Morgan fingerprint density at radius 1 is 1.47 bits per heavy atom. The Morgan fingerprint density at radius 3 is 2.84 bits per heavy atom. The van der Waals surface area contributed by atoms with Gasteiger partial charge in [-0.25, -0.2) is 4.39 Å². The molecule has 0 aromatic heterocycles. The summed E-state index contributed by atoms with van der Waals surface area (Å²) in [5, 5.41) is 0.375. The fourth-order valence-corrected chi connectivity index (χ4v) is 2.65. The maximum Gasteiger partial charge on any atom is 0.240 e. The molecule has 3 nitrogen and oxygen atoms in total. The van der Waals surface area contributed by atoms with Crippen LogP contribution >= 0.6 is 11.6 Å². The SMILES string of the molecule is CN(C)[C@H]1CCCN(Cc2c(F)cccc2Cl)C1=O. The van der Waals surface area contributed by atoms with Gasteiger partial charge in [0.05, 0.1) is 12.6 Å². The van der Waals surface area contributed by atoms with Gasteiger partial charge in [0, 0.05) is 17.1 Å². The lowest BCUT2D eigenvalue weighted by atomic mass is 10.0. The van der Waals surface area contributed by atoms with Crippen molar-refractivity contribution in [3.05, 3.63) is 34.6 Å². The van der Waals surface area contributed by atoms with E-state index < -0.39 is 0 Å². The molecule has 1 atom stereocenters. The van der Waals surface area contributed by atoms with Crippen LogP contribution < -0.4 is 0 Å². The zero-order chi connectivity index (χ0) is 14.0. The third kappa shape index (κ3) is 3.07. The minimum atomic E-state index is -0.354. The van der Waals surface area contributed by atoms with Crippen LogP contribution in [0.2, 0.25) is 5.02 Å². The van der Waals surface area contributed by atoms with Gasteiger partial charge in [-0.3, -0.25) is 9.69 Å². The molecule has 104 valence electrons. The van der Waals surface area contributed by atoms with Crippen LogP contribution in [0.1, 0.15) is 18.4 Å². The number of rotatable bonds is 3. The molecule has 0 saturated carbocycles. The van der Waals surface area contributed by atoms with Crippen molar-refractivity contribution in [1.82, 2.24) is 9.80 Å². The molecule has 0 N–H and O–H groups in total. The van der Waals surface area contributed by atoms with Crippen LogP contribution in [0, 0.1) is 5.82 Å². The number of carbonyl (C=O) groups excluding carboxylic acids is 1. The van der Waals surface area contributed by atoms with E-state index in [2.05, 4.69) is 0 Å². The lowest BCUT2D eigenvalue weighted by Gasteiger charge is -2.35. The van der Waals surface area contributed by atoms with Crippen molar-refractivity contribution in [3.63, 3.8) is 0 Å². The molecule has 0 unspecified atom stereocenters. The number of carbonyl (C=O) groups is 1. The van der Waals surface area contributed by atoms with Gasteiger partial charge in [0.15, 0.2) is 0 Å². The fourth-order valence-electron chi connectivity index (χ4n) is 2.43. The van der Waals surface area contributed by atoms with Crippen LogP contribution in [0.5, 0.6) is 0 Å². The summed E-state index contributed by atoms with van der Waals surface area (Å²) in [7, 11) is 3.78. The Morgan fingerprint density at radius 2 is 2.21 bits per heavy atom. The van der Waals surface area contributed by atoms with Crippen LogP contribution in [0.3, 0.4) is 0 Å². The van der Waals surface area contributed by atoms with Crippen molar-refractivity contribution in [1.29, 1.82) is 0 Å². The number of hydrogen-bond acceptors (Lipinski definition) is 2. The number of likely N-dealkylation sites (N-methyl/N-ethyl adjacent to an activating group) is 1. The molecule has 1 saturated heterocycles. The molecule has 1 amide bonds. The zero-order valence-electron chi connectivity index (χ0n) is 11.2. The second-order valence-corrected chi connectivity index (χ2v) is 5.49. The third-order valence-corrected chi connectivity index (χ3v) is 3.89. The summed E-state index contributed by atoms with van der Waals surface area (Å²) in [6.45, 7) is 0.905. The number of nitrogens with zero attached hydrogens (tertiary/aromatic N) is 2. The van der Waals surface area contributed by atoms with Gasteiger partial charge in [-0.2, -0.15) is 0 Å². The lowest BCUT2D eigenvalue weighted by Crippen LogP contribution is -2.49. The van der Waals surface area contributed by atoms with E-state index in [4.69, 9.17) is 11.6 Å². The van der Waals surface area contributed by atoms with E-state index in [-0.39, 0.29) is 24.3 Å². The number of piperidine rings is 1. The van der Waals surface area contributed by atoms with Crippen LogP contribution in [-0.4, -0.2) is 42.4 Å². The molecule has 0 radical (unpaired) electrons. The summed E-state index contributed by atoms with van der Waals surface area (Å²) in [5.41, 5.74) is 0.400. The summed E-state index contributed by atoms with van der Waals surface area (Å²) < 4.78 is 13.8. The standard InChI is InChI=1S/C14H18ClFN2O/c1-17(2)13-7-4-8-18(14(13)19)9-10-11(15)5-3-6-12(10)16/h3,5-6,13H,4,7-9H2,1-2H3/t13-/m0/s1. The van der Waals surface area contributed by atoms with Crippen LogP contribution in [0.25, 0.3) is 0 Å². The molecule has 19 heavy (non-hydrogen) atoms. The van der Waals surface area contributed by atoms with Gasteiger partial charge in [-0.05, 0) is 39.1 Å². The van der Waals surface area contributed by atoms with E-state index in [9.17, 15) is 9.18 Å². The highest BCUT2D eigenvalue weighted by Gasteiger charge is 2.30. The maximum atomic E-state index is 13.8. The van der Waals surface area contributed by atoms with Gasteiger partial charge >= 0.3 is 0 Å². The number of halogens is 2. The Kier molecular flexibility index (Phi) is 4.42. The minimum Gasteiger partial charge on any atom is -0.337 e. The second kappa shape index (κ2) is 5.88. The fraction of sp³-hybridized carbons (Fsp3) is 0.500. The molecule has 0 bridgehead atoms. The zero-order valence-corrected chi connectivity index (χ0v) is 12.0. The van der Waals surface area contributed by atoms with Crippen LogP contribution in [0.4, 0.5) is 4.39 Å². The Balaban J connectivity index is 2.16. The molecule has 1 aromatic carbocycles. The minimum absolute atomic E-state index is 0.0515. The number of amides is 1. The van der Waals surface area contributed by atoms with Gasteiger partial charge in [-0.15, -0.1) is 0 Å². The summed E-state index contributed by atoms with van der Waals surface area (Å²) >= 11 is 6.01. The summed E-state index contributed by atoms with van der Waals surface area (Å²) in [5.74, 6) is -0.303. The highest BCUT2D eigenvalue weighted by molar-refractivity contribution is 6.31. The molecule has 1 aromatic rings. The summed E-state index contributed by atoms with van der Waals surface area (Å²) in [4.78, 5) is 15.9. The molecular formula is C14H18ClFN2O. The van der Waals surface area contributed by atoms with E-state index >= 15 is 0 Å². The lowest BCUT2D eigenvalue weighted by molar-refractivity contribution is -0.139. The average molecular weight is 285 g/mol. The summed E-state index contributed by atoms with van der Waals surface area (Å²) in [6.07, 6.45) is 1.79. The average Bonchev–Trinajstić information content (AvgIpc) is 2.35. The summed E-state index contributed by atoms with van der Waals surface area (Å²) in [6, 6.07) is 4.48. The van der Waals surface area contributed by atoms with Crippen molar-refractivity contribution in [2.45, 2.75) is 25.4 Å². The third-order valence-electron chi connectivity index (χ3n) is 3.54. The molecule has 1 aliphatic heterocycles. The number of hydrogen-bond donors (Lipinski definition) is 0. The Hall–Kier alpha value is -1.13. The van der Waals surface area contributed by atoms with Gasteiger partial charge in [0.2, 0.25) is 5.91 Å². The maximum absolute atomic E-state index is 13.8. The molecule has 0 aliphatic carbocycles. The van der Waals surface area contributed by atoms with E-state index in [0.29, 0.717) is 17.1 Å². The highest BCUT2D eigenvalue weighted by atomic mass is 35.5. The monoisotopic (exact) mass is 284 g/mol. The molecular weight excluding hydrogens is 267 g/mol. The molecule has 5 heteroatoms. The van der Waals surface area contributed by atoms with E-state index in [1.165, 1.54) is 6.07 Å². The predicted molar refractivity (Wildman–Crippen MR) is 73.5 cm³/mol. The van der Waals surface area contributed by atoms with Gasteiger partial charge < -0.3 is 4.90 Å². The van der Waals surface area contributed by atoms with Crippen molar-refractivity contribution in [2.24, 2.45) is 0 Å². The van der Waals surface area contributed by atoms with Gasteiger partial charge in [0.1, 0.15) is 5.82 Å². The van der Waals surface area contributed by atoms with Gasteiger partial charge in [0.25, 0.3) is 0 Å². The molecule has 1 fully saturated rings. The molecule has 1 aliphatic rings. The smallest absolute Gasteiger partial charge is 0.240 e. The number of likely N-dealkylation sites (tertiary alicyclic amines) is 1. The Labute approximate surface area is 117 Å². The van der Waals surface area contributed by atoms with E-state index in [1.54, 1.807) is 17.0 Å². The first kappa shape index (κ1) is 14.3. The quantitative estimate of drug-likeness (QED) is 0.852. The van der Waals surface area contributed by atoms with E-state index in [0.717, 1.165) is 12.8 Å².